The fourth-order valence-electron chi connectivity index (χ4n) is 1.92. The number of hydrogen-bond donors (Lipinski definition) is 3. The Morgan fingerprint density at radius 3 is 2.58 bits per heavy atom. The molecule has 0 aromatic heterocycles. The summed E-state index contributed by atoms with van der Waals surface area (Å²) >= 11 is 5.82. The van der Waals surface area contributed by atoms with Crippen molar-refractivity contribution in [3.05, 3.63) is 40.9 Å². The number of nitrogens with one attached hydrogen (secondary N) is 2. The molecular formula is C13H13ClN2O3. The van der Waals surface area contributed by atoms with Gasteiger partial charge in [0, 0.05) is 6.04 Å². The lowest BCUT2D eigenvalue weighted by Crippen LogP contribution is -2.36. The molecule has 0 aliphatic heterocycles. The first kappa shape index (κ1) is 13.4. The summed E-state index contributed by atoms with van der Waals surface area (Å²) < 4.78 is 0. The fourth-order valence-corrected chi connectivity index (χ4v) is 2.18. The molecule has 0 bridgehead atoms. The maximum atomic E-state index is 11.8. The molecule has 0 saturated carbocycles. The molecule has 2 rings (SSSR count). The van der Waals surface area contributed by atoms with Crippen LogP contribution in [0.15, 0.2) is 30.4 Å². The van der Waals surface area contributed by atoms with Crippen LogP contribution < -0.4 is 10.6 Å². The second-order valence-electron chi connectivity index (χ2n) is 4.21. The van der Waals surface area contributed by atoms with Crippen molar-refractivity contribution in [2.24, 2.45) is 0 Å². The van der Waals surface area contributed by atoms with Crippen LogP contribution in [0.1, 0.15) is 23.2 Å². The average molecular weight is 281 g/mol. The van der Waals surface area contributed by atoms with Crippen molar-refractivity contribution in [3.8, 4) is 0 Å². The van der Waals surface area contributed by atoms with E-state index in [0.717, 1.165) is 12.8 Å². The zero-order valence-corrected chi connectivity index (χ0v) is 10.8. The van der Waals surface area contributed by atoms with Crippen LogP contribution in [0.25, 0.3) is 0 Å². The van der Waals surface area contributed by atoms with E-state index in [-0.39, 0.29) is 22.3 Å². The predicted molar refractivity (Wildman–Crippen MR) is 72.7 cm³/mol. The van der Waals surface area contributed by atoms with Gasteiger partial charge in [-0.2, -0.15) is 0 Å². The van der Waals surface area contributed by atoms with Crippen LogP contribution in [0.2, 0.25) is 5.02 Å². The van der Waals surface area contributed by atoms with Crippen molar-refractivity contribution in [2.75, 3.05) is 5.32 Å². The number of rotatable bonds is 3. The van der Waals surface area contributed by atoms with Gasteiger partial charge in [-0.05, 0) is 25.0 Å². The maximum Gasteiger partial charge on any atom is 0.339 e. The maximum absolute atomic E-state index is 11.8. The summed E-state index contributed by atoms with van der Waals surface area (Å²) in [5.41, 5.74) is 0.0762. The third-order valence-corrected chi connectivity index (χ3v) is 3.13. The summed E-state index contributed by atoms with van der Waals surface area (Å²) in [5.74, 6) is -1.18. The normalized spacial score (nSPS) is 14.4. The van der Waals surface area contributed by atoms with Crippen molar-refractivity contribution in [1.82, 2.24) is 5.32 Å². The number of amides is 2. The summed E-state index contributed by atoms with van der Waals surface area (Å²) in [6.07, 6.45) is 5.56. The summed E-state index contributed by atoms with van der Waals surface area (Å²) in [7, 11) is 0. The third kappa shape index (κ3) is 3.26. The molecule has 1 aliphatic rings. The standard InChI is InChI=1S/C13H13ClN2O3/c14-9-6-3-7-10(11(9)12(17)18)16-13(19)15-8-4-1-2-5-8/h1-3,6-8H,4-5H2,(H,17,18)(H2,15,16,19). The smallest absolute Gasteiger partial charge is 0.339 e. The molecule has 0 spiro atoms. The van der Waals surface area contributed by atoms with Crippen LogP contribution in [0, 0.1) is 0 Å². The van der Waals surface area contributed by atoms with Crippen LogP contribution >= 0.6 is 11.6 Å². The molecule has 0 atom stereocenters. The molecule has 1 aliphatic carbocycles. The molecule has 1 aromatic carbocycles. The molecule has 3 N–H and O–H groups in total. The van der Waals surface area contributed by atoms with Crippen LogP contribution in [0.4, 0.5) is 10.5 Å². The molecule has 0 radical (unpaired) electrons. The minimum absolute atomic E-state index is 0.0625. The number of benzene rings is 1. The summed E-state index contributed by atoms with van der Waals surface area (Å²) in [6.45, 7) is 0. The van der Waals surface area contributed by atoms with E-state index in [1.165, 1.54) is 12.1 Å². The van der Waals surface area contributed by atoms with E-state index in [0.29, 0.717) is 0 Å². The summed E-state index contributed by atoms with van der Waals surface area (Å²) in [5, 5.41) is 14.4. The number of hydrogen-bond acceptors (Lipinski definition) is 2. The zero-order chi connectivity index (χ0) is 13.8. The molecule has 5 nitrogen and oxygen atoms in total. The van der Waals surface area contributed by atoms with E-state index < -0.39 is 12.0 Å². The van der Waals surface area contributed by atoms with Gasteiger partial charge in [0.1, 0.15) is 5.56 Å². The monoisotopic (exact) mass is 280 g/mol. The highest BCUT2D eigenvalue weighted by Crippen LogP contribution is 2.24. The Kier molecular flexibility index (Phi) is 4.06. The van der Waals surface area contributed by atoms with E-state index >= 15 is 0 Å². The number of anilines is 1. The number of aromatic carboxylic acids is 1. The van der Waals surface area contributed by atoms with Gasteiger partial charge in [-0.15, -0.1) is 0 Å². The summed E-state index contributed by atoms with van der Waals surface area (Å²) in [4.78, 5) is 22.9. The number of carbonyl (C=O) groups excluding carboxylic acids is 1. The number of urea groups is 1. The Balaban J connectivity index is 2.08. The van der Waals surface area contributed by atoms with Crippen molar-refractivity contribution in [1.29, 1.82) is 0 Å². The second-order valence-corrected chi connectivity index (χ2v) is 4.61. The van der Waals surface area contributed by atoms with E-state index in [1.54, 1.807) is 6.07 Å². The number of carboxylic acid groups (broad SMARTS) is 1. The predicted octanol–water partition coefficient (Wildman–Crippen LogP) is 2.88. The zero-order valence-electron chi connectivity index (χ0n) is 10.0. The SMILES string of the molecule is O=C(Nc1cccc(Cl)c1C(=O)O)NC1CC=CC1. The van der Waals surface area contributed by atoms with Crippen molar-refractivity contribution >= 4 is 29.3 Å². The highest BCUT2D eigenvalue weighted by molar-refractivity contribution is 6.34. The van der Waals surface area contributed by atoms with Crippen LogP contribution in [-0.4, -0.2) is 23.1 Å². The van der Waals surface area contributed by atoms with E-state index in [1.807, 2.05) is 12.2 Å². The Bertz CT molecular complexity index is 535. The van der Waals surface area contributed by atoms with Crippen LogP contribution in [0.5, 0.6) is 0 Å². The molecule has 100 valence electrons. The highest BCUT2D eigenvalue weighted by atomic mass is 35.5. The summed E-state index contributed by atoms with van der Waals surface area (Å²) in [6, 6.07) is 4.18. The van der Waals surface area contributed by atoms with Gasteiger partial charge in [0.05, 0.1) is 10.7 Å². The van der Waals surface area contributed by atoms with E-state index in [4.69, 9.17) is 16.7 Å². The molecule has 0 fully saturated rings. The molecule has 0 unspecified atom stereocenters. The Morgan fingerprint density at radius 1 is 1.26 bits per heavy atom. The van der Waals surface area contributed by atoms with Crippen LogP contribution in [-0.2, 0) is 0 Å². The van der Waals surface area contributed by atoms with Gasteiger partial charge < -0.3 is 15.7 Å². The van der Waals surface area contributed by atoms with Crippen molar-refractivity contribution < 1.29 is 14.7 Å². The Morgan fingerprint density at radius 2 is 1.95 bits per heavy atom. The Hall–Kier alpha value is -2.01. The van der Waals surface area contributed by atoms with Gasteiger partial charge in [0.2, 0.25) is 0 Å². The lowest BCUT2D eigenvalue weighted by Gasteiger charge is -2.14. The number of carboxylic acids is 1. The molecule has 2 amide bonds. The Labute approximate surface area is 115 Å². The van der Waals surface area contributed by atoms with Crippen molar-refractivity contribution in [2.45, 2.75) is 18.9 Å². The molecule has 6 heteroatoms. The van der Waals surface area contributed by atoms with Gasteiger partial charge in [0.25, 0.3) is 0 Å². The third-order valence-electron chi connectivity index (χ3n) is 2.82. The average Bonchev–Trinajstić information content (AvgIpc) is 2.81. The molecule has 0 heterocycles. The first-order chi connectivity index (χ1) is 9.08. The van der Waals surface area contributed by atoms with Gasteiger partial charge >= 0.3 is 12.0 Å². The van der Waals surface area contributed by atoms with Gasteiger partial charge in [-0.3, -0.25) is 0 Å². The highest BCUT2D eigenvalue weighted by Gasteiger charge is 2.18. The molecule has 19 heavy (non-hydrogen) atoms. The second kappa shape index (κ2) is 5.75. The fraction of sp³-hybridized carbons (Fsp3) is 0.231. The van der Waals surface area contributed by atoms with Gasteiger partial charge in [-0.1, -0.05) is 29.8 Å². The van der Waals surface area contributed by atoms with Crippen molar-refractivity contribution in [3.63, 3.8) is 0 Å². The van der Waals surface area contributed by atoms with E-state index in [9.17, 15) is 9.59 Å². The molecule has 1 aromatic rings. The lowest BCUT2D eigenvalue weighted by molar-refractivity contribution is 0.0698. The largest absolute Gasteiger partial charge is 0.478 e. The van der Waals surface area contributed by atoms with Crippen LogP contribution in [0.3, 0.4) is 0 Å². The van der Waals surface area contributed by atoms with E-state index in [2.05, 4.69) is 10.6 Å². The molecule has 0 saturated heterocycles. The first-order valence-electron chi connectivity index (χ1n) is 5.82. The number of halogens is 1. The lowest BCUT2D eigenvalue weighted by atomic mass is 10.2. The van der Waals surface area contributed by atoms with Gasteiger partial charge in [-0.25, -0.2) is 9.59 Å². The minimum Gasteiger partial charge on any atom is -0.478 e. The number of carbonyl (C=O) groups is 2. The molecular weight excluding hydrogens is 268 g/mol. The topological polar surface area (TPSA) is 78.4 Å². The van der Waals surface area contributed by atoms with Gasteiger partial charge in [0.15, 0.2) is 0 Å². The first-order valence-corrected chi connectivity index (χ1v) is 6.20. The quantitative estimate of drug-likeness (QED) is 0.745. The minimum atomic E-state index is -1.18.